The minimum Gasteiger partial charge on any atom is -0.415 e. The second-order valence-electron chi connectivity index (χ2n) is 6.76. The number of carbonyl (C=O) groups excluding carboxylic acids is 1. The molecule has 0 aliphatic carbocycles. The van der Waals surface area contributed by atoms with Gasteiger partial charge in [-0.25, -0.2) is 0 Å². The number of aromatic nitrogens is 2. The van der Waals surface area contributed by atoms with Crippen LogP contribution in [0.2, 0.25) is 5.02 Å². The molecule has 1 amide bonds. The summed E-state index contributed by atoms with van der Waals surface area (Å²) in [7, 11) is 0. The molecule has 0 saturated carbocycles. The van der Waals surface area contributed by atoms with Crippen molar-refractivity contribution in [3.63, 3.8) is 0 Å². The number of halogens is 1. The van der Waals surface area contributed by atoms with Crippen LogP contribution in [0.15, 0.2) is 28.7 Å². The summed E-state index contributed by atoms with van der Waals surface area (Å²) >= 11 is 5.88. The normalized spacial score (nSPS) is 12.9. The van der Waals surface area contributed by atoms with Gasteiger partial charge in [-0.2, -0.15) is 0 Å². The lowest BCUT2D eigenvalue weighted by Gasteiger charge is -2.22. The van der Waals surface area contributed by atoms with Gasteiger partial charge in [0.1, 0.15) is 0 Å². The lowest BCUT2D eigenvalue weighted by molar-refractivity contribution is -0.905. The average molecular weight is 352 g/mol. The molecule has 24 heavy (non-hydrogen) atoms. The number of rotatable bonds is 6. The molecule has 1 unspecified atom stereocenters. The summed E-state index contributed by atoms with van der Waals surface area (Å²) < 4.78 is 5.71. The highest BCUT2D eigenvalue weighted by Gasteiger charge is 2.20. The number of hydrogen-bond acceptors (Lipinski definition) is 4. The van der Waals surface area contributed by atoms with E-state index in [1.807, 2.05) is 39.8 Å². The molecule has 7 heteroatoms. The largest absolute Gasteiger partial charge is 0.415 e. The second kappa shape index (κ2) is 7.77. The molecule has 1 aromatic carbocycles. The van der Waals surface area contributed by atoms with Crippen LogP contribution < -0.4 is 10.2 Å². The molecule has 0 radical (unpaired) electrons. The van der Waals surface area contributed by atoms with E-state index >= 15 is 0 Å². The van der Waals surface area contributed by atoms with Crippen molar-refractivity contribution in [1.82, 2.24) is 15.5 Å². The van der Waals surface area contributed by atoms with Gasteiger partial charge in [0.25, 0.3) is 11.8 Å². The van der Waals surface area contributed by atoms with E-state index in [9.17, 15) is 4.79 Å². The van der Waals surface area contributed by atoms with Crippen molar-refractivity contribution in [3.05, 3.63) is 35.2 Å². The molecule has 2 rings (SSSR count). The fourth-order valence-electron chi connectivity index (χ4n) is 2.25. The zero-order valence-electron chi connectivity index (χ0n) is 14.5. The summed E-state index contributed by atoms with van der Waals surface area (Å²) in [5, 5.41) is 11.8. The molecule has 0 saturated heterocycles. The first-order chi connectivity index (χ1) is 11.3. The Labute approximate surface area is 147 Å². The van der Waals surface area contributed by atoms with Gasteiger partial charge in [0.15, 0.2) is 13.1 Å². The molecule has 0 fully saturated rings. The molecule has 0 aliphatic rings. The van der Waals surface area contributed by atoms with E-state index in [2.05, 4.69) is 15.5 Å². The number of quaternary nitrogens is 1. The Hall–Kier alpha value is -1.92. The van der Waals surface area contributed by atoms with Crippen molar-refractivity contribution in [1.29, 1.82) is 0 Å². The van der Waals surface area contributed by atoms with E-state index in [0.717, 1.165) is 17.0 Å². The second-order valence-corrected chi connectivity index (χ2v) is 7.20. The minimum absolute atomic E-state index is 0.0109. The zero-order chi connectivity index (χ0) is 17.7. The first kappa shape index (κ1) is 18.4. The smallest absolute Gasteiger partial charge is 0.275 e. The van der Waals surface area contributed by atoms with E-state index < -0.39 is 0 Å². The highest BCUT2D eigenvalue weighted by molar-refractivity contribution is 6.30. The SMILES string of the molecule is CC[NH+](CC(=O)NC(C)(C)C)Cc1nnc(-c2ccc(Cl)cc2)o1. The first-order valence-electron chi connectivity index (χ1n) is 7.99. The monoisotopic (exact) mass is 351 g/mol. The van der Waals surface area contributed by atoms with Gasteiger partial charge in [0.05, 0.1) is 6.54 Å². The van der Waals surface area contributed by atoms with Crippen LogP contribution in [-0.4, -0.2) is 34.7 Å². The van der Waals surface area contributed by atoms with E-state index in [4.69, 9.17) is 16.0 Å². The van der Waals surface area contributed by atoms with Gasteiger partial charge in [-0.15, -0.1) is 10.2 Å². The lowest BCUT2D eigenvalue weighted by atomic mass is 10.1. The van der Waals surface area contributed by atoms with Gasteiger partial charge in [0, 0.05) is 16.1 Å². The van der Waals surface area contributed by atoms with Crippen molar-refractivity contribution >= 4 is 17.5 Å². The quantitative estimate of drug-likeness (QED) is 0.831. The van der Waals surface area contributed by atoms with Crippen LogP contribution in [0.5, 0.6) is 0 Å². The summed E-state index contributed by atoms with van der Waals surface area (Å²) in [5.41, 5.74) is 0.587. The topological polar surface area (TPSA) is 72.5 Å². The third-order valence-electron chi connectivity index (χ3n) is 3.38. The van der Waals surface area contributed by atoms with Crippen LogP contribution >= 0.6 is 11.6 Å². The van der Waals surface area contributed by atoms with Crippen LogP contribution in [0.1, 0.15) is 33.6 Å². The molecule has 0 aliphatic heterocycles. The molecule has 6 nitrogen and oxygen atoms in total. The Morgan fingerprint density at radius 3 is 2.50 bits per heavy atom. The predicted molar refractivity (Wildman–Crippen MR) is 92.7 cm³/mol. The Morgan fingerprint density at radius 2 is 1.92 bits per heavy atom. The fraction of sp³-hybridized carbons (Fsp3) is 0.471. The summed E-state index contributed by atoms with van der Waals surface area (Å²) in [4.78, 5) is 13.1. The number of carbonyl (C=O) groups is 1. The Morgan fingerprint density at radius 1 is 1.25 bits per heavy atom. The highest BCUT2D eigenvalue weighted by atomic mass is 35.5. The van der Waals surface area contributed by atoms with Crippen molar-refractivity contribution in [2.75, 3.05) is 13.1 Å². The zero-order valence-corrected chi connectivity index (χ0v) is 15.3. The van der Waals surface area contributed by atoms with Crippen LogP contribution in [0.4, 0.5) is 0 Å². The lowest BCUT2D eigenvalue weighted by Crippen LogP contribution is -3.11. The van der Waals surface area contributed by atoms with E-state index in [0.29, 0.717) is 29.9 Å². The van der Waals surface area contributed by atoms with Gasteiger partial charge in [-0.1, -0.05) is 11.6 Å². The van der Waals surface area contributed by atoms with Crippen LogP contribution in [0.3, 0.4) is 0 Å². The molecular formula is C17H24ClN4O2+. The molecule has 2 N–H and O–H groups in total. The third kappa shape index (κ3) is 5.62. The predicted octanol–water partition coefficient (Wildman–Crippen LogP) is 1.71. The highest BCUT2D eigenvalue weighted by Crippen LogP contribution is 2.19. The number of hydrogen-bond donors (Lipinski definition) is 2. The Bertz CT molecular complexity index is 677. The molecule has 1 aromatic heterocycles. The number of likely N-dealkylation sites (N-methyl/N-ethyl adjacent to an activating group) is 1. The van der Waals surface area contributed by atoms with Crippen molar-refractivity contribution < 1.29 is 14.1 Å². The molecule has 0 bridgehead atoms. The van der Waals surface area contributed by atoms with Gasteiger partial charge in [-0.05, 0) is 52.0 Å². The first-order valence-corrected chi connectivity index (χ1v) is 8.37. The van der Waals surface area contributed by atoms with E-state index in [1.54, 1.807) is 12.1 Å². The molecule has 1 atom stereocenters. The van der Waals surface area contributed by atoms with Gasteiger partial charge >= 0.3 is 0 Å². The Kier molecular flexibility index (Phi) is 5.96. The molecule has 2 aromatic rings. The number of nitrogens with one attached hydrogen (secondary N) is 2. The molecule has 1 heterocycles. The number of nitrogens with zero attached hydrogens (tertiary/aromatic N) is 2. The van der Waals surface area contributed by atoms with Gasteiger partial charge < -0.3 is 14.6 Å². The standard InChI is InChI=1S/C17H23ClN4O2/c1-5-22(10-14(23)19-17(2,3)4)11-15-20-21-16(24-15)12-6-8-13(18)9-7-12/h6-9H,5,10-11H2,1-4H3,(H,19,23)/p+1. The van der Waals surface area contributed by atoms with Gasteiger partial charge in [-0.3, -0.25) is 4.79 Å². The summed E-state index contributed by atoms with van der Waals surface area (Å²) in [6, 6.07) is 7.23. The van der Waals surface area contributed by atoms with E-state index in [1.165, 1.54) is 0 Å². The average Bonchev–Trinajstić information content (AvgIpc) is 2.94. The van der Waals surface area contributed by atoms with Crippen molar-refractivity contribution in [2.45, 2.75) is 39.8 Å². The van der Waals surface area contributed by atoms with Crippen LogP contribution in [0.25, 0.3) is 11.5 Å². The summed E-state index contributed by atoms with van der Waals surface area (Å²) in [6.45, 7) is 9.58. The molecule has 130 valence electrons. The molecule has 0 spiro atoms. The summed E-state index contributed by atoms with van der Waals surface area (Å²) in [5.74, 6) is 0.980. The maximum absolute atomic E-state index is 12.1. The van der Waals surface area contributed by atoms with E-state index in [-0.39, 0.29) is 11.4 Å². The fourth-order valence-corrected chi connectivity index (χ4v) is 2.38. The van der Waals surface area contributed by atoms with Crippen LogP contribution in [-0.2, 0) is 11.3 Å². The Balaban J connectivity index is 1.99. The third-order valence-corrected chi connectivity index (χ3v) is 3.64. The number of amides is 1. The number of benzene rings is 1. The van der Waals surface area contributed by atoms with Crippen molar-refractivity contribution in [2.24, 2.45) is 0 Å². The maximum atomic E-state index is 12.1. The van der Waals surface area contributed by atoms with Crippen molar-refractivity contribution in [3.8, 4) is 11.5 Å². The summed E-state index contributed by atoms with van der Waals surface area (Å²) in [6.07, 6.45) is 0. The minimum atomic E-state index is -0.234. The van der Waals surface area contributed by atoms with Crippen LogP contribution in [0, 0.1) is 0 Å². The molecular weight excluding hydrogens is 328 g/mol. The maximum Gasteiger partial charge on any atom is 0.275 e. The van der Waals surface area contributed by atoms with Gasteiger partial charge in [0.2, 0.25) is 5.89 Å².